The predicted octanol–water partition coefficient (Wildman–Crippen LogP) is 3.90. The molecular formula is C19H19ClN2O2. The van der Waals surface area contributed by atoms with Crippen LogP contribution < -0.4 is 5.32 Å². The van der Waals surface area contributed by atoms with Crippen molar-refractivity contribution in [1.82, 2.24) is 10.2 Å². The standard InChI is InChI=1S/C19H19ClN2O2/c20-16-9-4-6-14(12-16)13-21-19(24)22-11-5-10-17(22)18(23)15-7-2-1-3-8-15/h1-4,6-9,12,17H,5,10-11,13H2,(H,21,24). The minimum atomic E-state index is -0.383. The van der Waals surface area contributed by atoms with Crippen LogP contribution >= 0.6 is 11.6 Å². The molecule has 1 unspecified atom stereocenters. The van der Waals surface area contributed by atoms with Crippen molar-refractivity contribution in [3.63, 3.8) is 0 Å². The number of Topliss-reactive ketones (excluding diaryl/α,β-unsaturated/α-hetero) is 1. The Morgan fingerprint density at radius 2 is 1.92 bits per heavy atom. The van der Waals surface area contributed by atoms with Crippen LogP contribution in [0.25, 0.3) is 0 Å². The smallest absolute Gasteiger partial charge is 0.318 e. The van der Waals surface area contributed by atoms with Crippen LogP contribution in [0.15, 0.2) is 54.6 Å². The Morgan fingerprint density at radius 3 is 2.67 bits per heavy atom. The van der Waals surface area contributed by atoms with Crippen molar-refractivity contribution in [1.29, 1.82) is 0 Å². The van der Waals surface area contributed by atoms with Gasteiger partial charge in [-0.3, -0.25) is 4.79 Å². The first-order valence-corrected chi connectivity index (χ1v) is 8.41. The third-order valence-corrected chi connectivity index (χ3v) is 4.44. The molecule has 1 aliphatic rings. The zero-order valence-electron chi connectivity index (χ0n) is 13.2. The van der Waals surface area contributed by atoms with Gasteiger partial charge in [-0.15, -0.1) is 0 Å². The maximum absolute atomic E-state index is 12.6. The molecule has 4 nitrogen and oxygen atoms in total. The number of carbonyl (C=O) groups excluding carboxylic acids is 2. The molecule has 1 atom stereocenters. The lowest BCUT2D eigenvalue weighted by molar-refractivity contribution is 0.0887. The number of nitrogens with one attached hydrogen (secondary N) is 1. The van der Waals surface area contributed by atoms with E-state index in [0.29, 0.717) is 30.1 Å². The van der Waals surface area contributed by atoms with Crippen LogP contribution in [0, 0.1) is 0 Å². The molecule has 1 heterocycles. The summed E-state index contributed by atoms with van der Waals surface area (Å²) >= 11 is 5.95. The van der Waals surface area contributed by atoms with Gasteiger partial charge in [0, 0.05) is 23.7 Å². The predicted molar refractivity (Wildman–Crippen MR) is 94.2 cm³/mol. The number of likely N-dealkylation sites (tertiary alicyclic amines) is 1. The molecule has 0 aromatic heterocycles. The zero-order valence-corrected chi connectivity index (χ0v) is 14.0. The second-order valence-corrected chi connectivity index (χ2v) is 6.31. The highest BCUT2D eigenvalue weighted by Gasteiger charge is 2.34. The summed E-state index contributed by atoms with van der Waals surface area (Å²) in [6, 6.07) is 15.9. The van der Waals surface area contributed by atoms with Crippen LogP contribution in [0.5, 0.6) is 0 Å². The van der Waals surface area contributed by atoms with E-state index in [4.69, 9.17) is 11.6 Å². The summed E-state index contributed by atoms with van der Waals surface area (Å²) in [4.78, 5) is 26.8. The second kappa shape index (κ2) is 7.49. The van der Waals surface area contributed by atoms with E-state index < -0.39 is 0 Å². The molecule has 2 aromatic rings. The number of benzene rings is 2. The van der Waals surface area contributed by atoms with Gasteiger partial charge in [0.05, 0.1) is 6.04 Å². The number of urea groups is 1. The lowest BCUT2D eigenvalue weighted by Gasteiger charge is -2.24. The van der Waals surface area contributed by atoms with Gasteiger partial charge in [-0.05, 0) is 30.5 Å². The molecule has 0 spiro atoms. The summed E-state index contributed by atoms with van der Waals surface area (Å²) in [5, 5.41) is 3.52. The first-order chi connectivity index (χ1) is 11.6. The van der Waals surface area contributed by atoms with E-state index in [1.54, 1.807) is 23.1 Å². The monoisotopic (exact) mass is 342 g/mol. The van der Waals surface area contributed by atoms with Crippen LogP contribution in [-0.2, 0) is 6.54 Å². The highest BCUT2D eigenvalue weighted by molar-refractivity contribution is 6.30. The average Bonchev–Trinajstić information content (AvgIpc) is 3.09. The summed E-state index contributed by atoms with van der Waals surface area (Å²) < 4.78 is 0. The molecule has 1 N–H and O–H groups in total. The van der Waals surface area contributed by atoms with E-state index in [-0.39, 0.29) is 17.9 Å². The van der Waals surface area contributed by atoms with Gasteiger partial charge < -0.3 is 10.2 Å². The van der Waals surface area contributed by atoms with Crippen molar-refractivity contribution >= 4 is 23.4 Å². The maximum atomic E-state index is 12.6. The number of carbonyl (C=O) groups is 2. The van der Waals surface area contributed by atoms with Gasteiger partial charge in [0.25, 0.3) is 0 Å². The molecule has 0 aliphatic carbocycles. The zero-order chi connectivity index (χ0) is 16.9. The number of hydrogen-bond donors (Lipinski definition) is 1. The first kappa shape index (κ1) is 16.5. The highest BCUT2D eigenvalue weighted by Crippen LogP contribution is 2.21. The van der Waals surface area contributed by atoms with E-state index in [9.17, 15) is 9.59 Å². The molecule has 3 rings (SSSR count). The molecule has 124 valence electrons. The van der Waals surface area contributed by atoms with Gasteiger partial charge in [0.2, 0.25) is 0 Å². The SMILES string of the molecule is O=C(c1ccccc1)C1CCCN1C(=O)NCc1cccc(Cl)c1. The number of rotatable bonds is 4. The molecule has 1 saturated heterocycles. The van der Waals surface area contributed by atoms with E-state index in [1.165, 1.54) is 0 Å². The van der Waals surface area contributed by atoms with Crippen molar-refractivity contribution in [2.45, 2.75) is 25.4 Å². The topological polar surface area (TPSA) is 49.4 Å². The van der Waals surface area contributed by atoms with E-state index in [1.807, 2.05) is 36.4 Å². The summed E-state index contributed by atoms with van der Waals surface area (Å²) in [6.45, 7) is 0.993. The summed E-state index contributed by atoms with van der Waals surface area (Å²) in [7, 11) is 0. The minimum absolute atomic E-state index is 0.00556. The Labute approximate surface area is 146 Å². The van der Waals surface area contributed by atoms with Crippen LogP contribution in [0.3, 0.4) is 0 Å². The number of ketones is 1. The quantitative estimate of drug-likeness (QED) is 0.857. The first-order valence-electron chi connectivity index (χ1n) is 8.03. The Balaban J connectivity index is 1.64. The van der Waals surface area contributed by atoms with Gasteiger partial charge >= 0.3 is 6.03 Å². The number of amides is 2. The third-order valence-electron chi connectivity index (χ3n) is 4.21. The molecule has 5 heteroatoms. The Hall–Kier alpha value is -2.33. The Morgan fingerprint density at radius 1 is 1.12 bits per heavy atom. The Bertz CT molecular complexity index is 733. The molecule has 24 heavy (non-hydrogen) atoms. The summed E-state index contributed by atoms with van der Waals surface area (Å²) in [6.07, 6.45) is 1.55. The normalized spacial score (nSPS) is 16.9. The minimum Gasteiger partial charge on any atom is -0.334 e. The van der Waals surface area contributed by atoms with Crippen molar-refractivity contribution in [2.75, 3.05) is 6.54 Å². The molecule has 0 radical (unpaired) electrons. The van der Waals surface area contributed by atoms with Crippen LogP contribution in [0.2, 0.25) is 5.02 Å². The molecule has 1 aliphatic heterocycles. The van der Waals surface area contributed by atoms with Crippen molar-refractivity contribution in [3.8, 4) is 0 Å². The fourth-order valence-corrected chi connectivity index (χ4v) is 3.22. The van der Waals surface area contributed by atoms with E-state index in [0.717, 1.165) is 12.0 Å². The largest absolute Gasteiger partial charge is 0.334 e. The van der Waals surface area contributed by atoms with Crippen LogP contribution in [0.4, 0.5) is 4.79 Å². The Kier molecular flexibility index (Phi) is 5.16. The van der Waals surface area contributed by atoms with Crippen LogP contribution in [-0.4, -0.2) is 29.3 Å². The maximum Gasteiger partial charge on any atom is 0.318 e. The molecule has 0 bridgehead atoms. The van der Waals surface area contributed by atoms with E-state index in [2.05, 4.69) is 5.32 Å². The highest BCUT2D eigenvalue weighted by atomic mass is 35.5. The van der Waals surface area contributed by atoms with Crippen molar-refractivity contribution in [3.05, 3.63) is 70.7 Å². The number of halogens is 1. The molecular weight excluding hydrogens is 324 g/mol. The van der Waals surface area contributed by atoms with Crippen LogP contribution in [0.1, 0.15) is 28.8 Å². The number of nitrogens with zero attached hydrogens (tertiary/aromatic N) is 1. The summed E-state index contributed by atoms with van der Waals surface area (Å²) in [5.74, 6) is 0.00556. The molecule has 2 amide bonds. The van der Waals surface area contributed by atoms with Crippen molar-refractivity contribution < 1.29 is 9.59 Å². The lowest BCUT2D eigenvalue weighted by Crippen LogP contribution is -2.45. The summed E-state index contributed by atoms with van der Waals surface area (Å²) in [5.41, 5.74) is 1.58. The van der Waals surface area contributed by atoms with Gasteiger partial charge in [-0.1, -0.05) is 54.1 Å². The molecule has 0 saturated carbocycles. The van der Waals surface area contributed by atoms with Crippen molar-refractivity contribution in [2.24, 2.45) is 0 Å². The fraction of sp³-hybridized carbons (Fsp3) is 0.263. The lowest BCUT2D eigenvalue weighted by atomic mass is 10.0. The van der Waals surface area contributed by atoms with Gasteiger partial charge in [-0.25, -0.2) is 4.79 Å². The average molecular weight is 343 g/mol. The van der Waals surface area contributed by atoms with Gasteiger partial charge in [0.15, 0.2) is 5.78 Å². The van der Waals surface area contributed by atoms with Gasteiger partial charge in [0.1, 0.15) is 0 Å². The fourth-order valence-electron chi connectivity index (χ4n) is 3.00. The number of hydrogen-bond acceptors (Lipinski definition) is 2. The van der Waals surface area contributed by atoms with E-state index >= 15 is 0 Å². The third kappa shape index (κ3) is 3.77. The van der Waals surface area contributed by atoms with Gasteiger partial charge in [-0.2, -0.15) is 0 Å². The molecule has 2 aromatic carbocycles. The molecule has 1 fully saturated rings. The second-order valence-electron chi connectivity index (χ2n) is 5.87.